The third kappa shape index (κ3) is 2.63. The molecule has 0 radical (unpaired) electrons. The molecule has 1 aliphatic heterocycles. The van der Waals surface area contributed by atoms with Gasteiger partial charge < -0.3 is 10.0 Å². The lowest BCUT2D eigenvalue weighted by molar-refractivity contribution is 0.0491. The van der Waals surface area contributed by atoms with Gasteiger partial charge in [-0.3, -0.25) is 9.78 Å². The second-order valence-electron chi connectivity index (χ2n) is 5.81. The molecule has 21 heavy (non-hydrogen) atoms. The molecule has 1 aromatic carbocycles. The predicted octanol–water partition coefficient (Wildman–Crippen LogP) is 2.47. The topological polar surface area (TPSA) is 53.4 Å². The fourth-order valence-corrected chi connectivity index (χ4v) is 3.06. The molecule has 0 spiro atoms. The standard InChI is InChI=1S/C17H20N2O2/c1-12-7-8-13(11-20)10-19(12)17(21)15-4-2-6-16-14(15)5-3-9-18-16/h2-6,9,12-13,20H,7-8,10-11H2,1H3. The first-order chi connectivity index (χ1) is 10.2. The number of hydrogen-bond donors (Lipinski definition) is 1. The van der Waals surface area contributed by atoms with Gasteiger partial charge in [-0.1, -0.05) is 12.1 Å². The molecular weight excluding hydrogens is 264 g/mol. The Morgan fingerprint density at radius 1 is 1.33 bits per heavy atom. The van der Waals surface area contributed by atoms with Gasteiger partial charge in [-0.15, -0.1) is 0 Å². The second kappa shape index (κ2) is 5.82. The summed E-state index contributed by atoms with van der Waals surface area (Å²) in [5.41, 5.74) is 1.54. The molecule has 1 aromatic heterocycles. The molecule has 2 unspecified atom stereocenters. The number of carbonyl (C=O) groups is 1. The van der Waals surface area contributed by atoms with E-state index in [0.29, 0.717) is 12.1 Å². The number of pyridine rings is 1. The Labute approximate surface area is 124 Å². The number of benzene rings is 1. The largest absolute Gasteiger partial charge is 0.396 e. The van der Waals surface area contributed by atoms with Crippen LogP contribution in [0.4, 0.5) is 0 Å². The van der Waals surface area contributed by atoms with Crippen molar-refractivity contribution in [2.75, 3.05) is 13.2 Å². The fraction of sp³-hybridized carbons (Fsp3) is 0.412. The molecule has 0 aliphatic carbocycles. The maximum atomic E-state index is 12.9. The summed E-state index contributed by atoms with van der Waals surface area (Å²) in [5, 5.41) is 10.3. The van der Waals surface area contributed by atoms with E-state index < -0.39 is 0 Å². The van der Waals surface area contributed by atoms with Gasteiger partial charge in [-0.05, 0) is 43.9 Å². The summed E-state index contributed by atoms with van der Waals surface area (Å²) in [6.07, 6.45) is 3.67. The summed E-state index contributed by atoms with van der Waals surface area (Å²) in [7, 11) is 0. The Kier molecular flexibility index (Phi) is 3.88. The Bertz CT molecular complexity index is 651. The normalized spacial score (nSPS) is 22.5. The van der Waals surface area contributed by atoms with E-state index in [9.17, 15) is 9.90 Å². The molecule has 0 bridgehead atoms. The first-order valence-electron chi connectivity index (χ1n) is 7.46. The van der Waals surface area contributed by atoms with Crippen LogP contribution in [0.25, 0.3) is 10.9 Å². The van der Waals surface area contributed by atoms with Crippen molar-refractivity contribution in [3.63, 3.8) is 0 Å². The van der Waals surface area contributed by atoms with Crippen molar-refractivity contribution in [1.82, 2.24) is 9.88 Å². The summed E-state index contributed by atoms with van der Waals surface area (Å²) < 4.78 is 0. The van der Waals surface area contributed by atoms with Crippen molar-refractivity contribution >= 4 is 16.8 Å². The highest BCUT2D eigenvalue weighted by Crippen LogP contribution is 2.25. The van der Waals surface area contributed by atoms with Crippen LogP contribution < -0.4 is 0 Å². The van der Waals surface area contributed by atoms with E-state index in [-0.39, 0.29) is 24.5 Å². The van der Waals surface area contributed by atoms with Crippen LogP contribution in [0, 0.1) is 5.92 Å². The van der Waals surface area contributed by atoms with Gasteiger partial charge in [0.1, 0.15) is 0 Å². The van der Waals surface area contributed by atoms with Gasteiger partial charge in [0.15, 0.2) is 0 Å². The van der Waals surface area contributed by atoms with Crippen molar-refractivity contribution in [3.05, 3.63) is 42.1 Å². The van der Waals surface area contributed by atoms with Crippen LogP contribution in [-0.2, 0) is 0 Å². The van der Waals surface area contributed by atoms with Crippen molar-refractivity contribution in [2.24, 2.45) is 5.92 Å². The molecular formula is C17H20N2O2. The number of hydrogen-bond acceptors (Lipinski definition) is 3. The molecule has 3 rings (SSSR count). The van der Waals surface area contributed by atoms with Crippen LogP contribution in [0.3, 0.4) is 0 Å². The molecule has 1 saturated heterocycles. The second-order valence-corrected chi connectivity index (χ2v) is 5.81. The minimum absolute atomic E-state index is 0.0410. The van der Waals surface area contributed by atoms with E-state index in [1.54, 1.807) is 6.20 Å². The number of aromatic nitrogens is 1. The average Bonchev–Trinajstić information content (AvgIpc) is 2.54. The van der Waals surface area contributed by atoms with Gasteiger partial charge in [0.25, 0.3) is 5.91 Å². The van der Waals surface area contributed by atoms with E-state index in [1.165, 1.54) is 0 Å². The van der Waals surface area contributed by atoms with Crippen LogP contribution in [0.2, 0.25) is 0 Å². The van der Waals surface area contributed by atoms with Crippen LogP contribution in [-0.4, -0.2) is 40.1 Å². The number of nitrogens with zero attached hydrogens (tertiary/aromatic N) is 2. The Morgan fingerprint density at radius 3 is 3.00 bits per heavy atom. The lowest BCUT2D eigenvalue weighted by atomic mass is 9.93. The summed E-state index contributed by atoms with van der Waals surface area (Å²) in [4.78, 5) is 19.1. The SMILES string of the molecule is CC1CCC(CO)CN1C(=O)c1cccc2ncccc12. The zero-order chi connectivity index (χ0) is 14.8. The molecule has 2 atom stereocenters. The van der Waals surface area contributed by atoms with Gasteiger partial charge in [0, 0.05) is 36.3 Å². The molecule has 4 nitrogen and oxygen atoms in total. The van der Waals surface area contributed by atoms with Gasteiger partial charge in [-0.2, -0.15) is 0 Å². The van der Waals surface area contributed by atoms with E-state index in [4.69, 9.17) is 0 Å². The van der Waals surface area contributed by atoms with Crippen LogP contribution in [0.1, 0.15) is 30.1 Å². The molecule has 1 fully saturated rings. The van der Waals surface area contributed by atoms with Crippen LogP contribution in [0.15, 0.2) is 36.5 Å². The first-order valence-corrected chi connectivity index (χ1v) is 7.46. The number of carbonyl (C=O) groups excluding carboxylic acids is 1. The smallest absolute Gasteiger partial charge is 0.254 e. The number of aliphatic hydroxyl groups excluding tert-OH is 1. The highest BCUT2D eigenvalue weighted by atomic mass is 16.3. The molecule has 0 saturated carbocycles. The highest BCUT2D eigenvalue weighted by molar-refractivity contribution is 6.06. The van der Waals surface area contributed by atoms with E-state index in [2.05, 4.69) is 11.9 Å². The van der Waals surface area contributed by atoms with E-state index >= 15 is 0 Å². The number of likely N-dealkylation sites (tertiary alicyclic amines) is 1. The number of piperidine rings is 1. The van der Waals surface area contributed by atoms with Gasteiger partial charge in [0.2, 0.25) is 0 Å². The number of fused-ring (bicyclic) bond motifs is 1. The molecule has 1 amide bonds. The predicted molar refractivity (Wildman–Crippen MR) is 82.1 cm³/mol. The molecule has 110 valence electrons. The molecule has 2 aromatic rings. The number of rotatable bonds is 2. The lowest BCUT2D eigenvalue weighted by Gasteiger charge is -2.37. The third-order valence-electron chi connectivity index (χ3n) is 4.37. The monoisotopic (exact) mass is 284 g/mol. The van der Waals surface area contributed by atoms with Crippen LogP contribution >= 0.6 is 0 Å². The quantitative estimate of drug-likeness (QED) is 0.921. The molecule has 1 aliphatic rings. The maximum Gasteiger partial charge on any atom is 0.254 e. The Morgan fingerprint density at radius 2 is 2.19 bits per heavy atom. The summed E-state index contributed by atoms with van der Waals surface area (Å²) in [5.74, 6) is 0.234. The third-order valence-corrected chi connectivity index (χ3v) is 4.37. The Balaban J connectivity index is 1.96. The van der Waals surface area contributed by atoms with Gasteiger partial charge in [0.05, 0.1) is 5.52 Å². The molecule has 2 heterocycles. The van der Waals surface area contributed by atoms with E-state index in [1.807, 2.05) is 35.2 Å². The van der Waals surface area contributed by atoms with Crippen molar-refractivity contribution in [3.8, 4) is 0 Å². The van der Waals surface area contributed by atoms with Crippen LogP contribution in [0.5, 0.6) is 0 Å². The first kappa shape index (κ1) is 14.0. The fourth-order valence-electron chi connectivity index (χ4n) is 3.06. The number of amides is 1. The highest BCUT2D eigenvalue weighted by Gasteiger charge is 2.29. The van der Waals surface area contributed by atoms with E-state index in [0.717, 1.165) is 23.7 Å². The summed E-state index contributed by atoms with van der Waals surface area (Å²) in [6.45, 7) is 2.86. The minimum atomic E-state index is 0.0410. The van der Waals surface area contributed by atoms with Crippen molar-refractivity contribution < 1.29 is 9.90 Å². The number of aliphatic hydroxyl groups is 1. The summed E-state index contributed by atoms with van der Waals surface area (Å²) in [6, 6.07) is 9.67. The van der Waals surface area contributed by atoms with Crippen molar-refractivity contribution in [1.29, 1.82) is 0 Å². The van der Waals surface area contributed by atoms with Gasteiger partial charge in [-0.25, -0.2) is 0 Å². The zero-order valence-corrected chi connectivity index (χ0v) is 12.2. The summed E-state index contributed by atoms with van der Waals surface area (Å²) >= 11 is 0. The maximum absolute atomic E-state index is 12.9. The minimum Gasteiger partial charge on any atom is -0.396 e. The van der Waals surface area contributed by atoms with Gasteiger partial charge >= 0.3 is 0 Å². The average molecular weight is 284 g/mol. The van der Waals surface area contributed by atoms with Crippen molar-refractivity contribution in [2.45, 2.75) is 25.8 Å². The lowest BCUT2D eigenvalue weighted by Crippen LogP contribution is -2.46. The zero-order valence-electron chi connectivity index (χ0n) is 12.2. The molecule has 4 heteroatoms. The Hall–Kier alpha value is -1.94. The molecule has 1 N–H and O–H groups in total.